The summed E-state index contributed by atoms with van der Waals surface area (Å²) < 4.78 is 1.53. The molecule has 182 valence electrons. The van der Waals surface area contributed by atoms with Gasteiger partial charge in [0.25, 0.3) is 0 Å². The van der Waals surface area contributed by atoms with Crippen LogP contribution in [0.3, 0.4) is 0 Å². The summed E-state index contributed by atoms with van der Waals surface area (Å²) in [7, 11) is 0. The molecule has 1 aliphatic rings. The van der Waals surface area contributed by atoms with Gasteiger partial charge in [0.15, 0.2) is 0 Å². The summed E-state index contributed by atoms with van der Waals surface area (Å²) in [5, 5.41) is 31.9. The van der Waals surface area contributed by atoms with Crippen molar-refractivity contribution >= 4 is 0 Å². The van der Waals surface area contributed by atoms with Crippen molar-refractivity contribution in [2.75, 3.05) is 0 Å². The minimum absolute atomic E-state index is 0.314. The molecule has 32 heavy (non-hydrogen) atoms. The Morgan fingerprint density at radius 1 is 0.688 bits per heavy atom. The third-order valence-electron chi connectivity index (χ3n) is 4.97. The van der Waals surface area contributed by atoms with Gasteiger partial charge in [0, 0.05) is 0 Å². The molecule has 0 N–H and O–H groups in total. The molecule has 0 radical (unpaired) electrons. The second-order valence-electron chi connectivity index (χ2n) is 10.6. The second-order valence-corrected chi connectivity index (χ2v) is 11.4. The van der Waals surface area contributed by atoms with E-state index in [-0.39, 0.29) is 0 Å². The van der Waals surface area contributed by atoms with E-state index in [1.807, 2.05) is 0 Å². The molecular weight excluding hydrogens is 432 g/mol. The first-order valence-corrected chi connectivity index (χ1v) is 11.9. The summed E-state index contributed by atoms with van der Waals surface area (Å²) in [6, 6.07) is 0. The Morgan fingerprint density at radius 3 is 0.969 bits per heavy atom. The maximum absolute atomic E-state index is 10.6. The standard InChI is InChI=1S/C10H15.3C6H11O.Ti/c1-7-6-10(4,5)9(3)8(7)2;3*1-4-5-6(2,3)7;/h1-5H3;3*4H,1,5H2,2-3H3;/q;3*-1;+3. The molecule has 0 amide bonds. The molecule has 0 atom stereocenters. The zero-order chi connectivity index (χ0) is 26.6. The van der Waals surface area contributed by atoms with E-state index in [0.29, 0.717) is 24.7 Å². The van der Waals surface area contributed by atoms with Gasteiger partial charge in [-0.05, 0) is 19.3 Å². The minimum atomic E-state index is -0.818. The topological polar surface area (TPSA) is 69.2 Å². The van der Waals surface area contributed by atoms with E-state index in [4.69, 9.17) is 0 Å². The monoisotopic (exact) mass is 480 g/mol. The van der Waals surface area contributed by atoms with Crippen LogP contribution in [0, 0.1) is 5.41 Å². The first kappa shape index (κ1) is 35.9. The first-order valence-electron chi connectivity index (χ1n) is 11.1. The quantitative estimate of drug-likeness (QED) is 0.383. The molecule has 0 bridgehead atoms. The van der Waals surface area contributed by atoms with Crippen LogP contribution in [0.2, 0.25) is 0 Å². The Hall–Kier alpha value is -0.706. The van der Waals surface area contributed by atoms with Crippen LogP contribution in [-0.4, -0.2) is 16.8 Å². The molecule has 0 fully saturated rings. The van der Waals surface area contributed by atoms with E-state index in [1.54, 1.807) is 59.8 Å². The van der Waals surface area contributed by atoms with Gasteiger partial charge in [0.05, 0.1) is 0 Å². The number of allylic oxidation sites excluding steroid dienone is 4. The molecule has 0 aromatic carbocycles. The van der Waals surface area contributed by atoms with Gasteiger partial charge >= 0.3 is 81.1 Å². The normalized spacial score (nSPS) is 15.5. The van der Waals surface area contributed by atoms with Gasteiger partial charge < -0.3 is 15.3 Å². The van der Waals surface area contributed by atoms with Crippen LogP contribution in [0.1, 0.15) is 95.4 Å². The van der Waals surface area contributed by atoms with Crippen molar-refractivity contribution in [2.24, 2.45) is 5.41 Å². The van der Waals surface area contributed by atoms with Crippen molar-refractivity contribution in [3.05, 3.63) is 58.6 Å². The number of hydrogen-bond donors (Lipinski definition) is 0. The van der Waals surface area contributed by atoms with E-state index < -0.39 is 16.8 Å². The molecular formula is C28H48O3Ti. The summed E-state index contributed by atoms with van der Waals surface area (Å²) in [4.78, 5) is 0. The van der Waals surface area contributed by atoms with Gasteiger partial charge in [0.1, 0.15) is 0 Å². The predicted molar refractivity (Wildman–Crippen MR) is 132 cm³/mol. The van der Waals surface area contributed by atoms with E-state index in [1.165, 1.54) is 20.6 Å². The predicted octanol–water partition coefficient (Wildman–Crippen LogP) is 5.29. The van der Waals surface area contributed by atoms with Crippen LogP contribution in [0.15, 0.2) is 58.6 Å². The zero-order valence-corrected chi connectivity index (χ0v) is 24.3. The molecule has 3 nitrogen and oxygen atoms in total. The molecule has 0 saturated carbocycles. The van der Waals surface area contributed by atoms with Crippen LogP contribution in [0.5, 0.6) is 0 Å². The summed E-state index contributed by atoms with van der Waals surface area (Å²) in [5.41, 5.74) is 2.38. The van der Waals surface area contributed by atoms with E-state index >= 15 is 0 Å². The molecule has 4 heteroatoms. The molecule has 1 aliphatic carbocycles. The Kier molecular flexibility index (Phi) is 17.1. The molecule has 0 unspecified atom stereocenters. The van der Waals surface area contributed by atoms with E-state index in [9.17, 15) is 15.3 Å². The number of rotatable bonds is 6. The van der Waals surface area contributed by atoms with Gasteiger partial charge in [0.2, 0.25) is 0 Å². The van der Waals surface area contributed by atoms with Crippen molar-refractivity contribution in [3.63, 3.8) is 0 Å². The van der Waals surface area contributed by atoms with Gasteiger partial charge in [-0.2, -0.15) is 0 Å². The fourth-order valence-electron chi connectivity index (χ4n) is 2.64. The Balaban J connectivity index is -0.000000361. The van der Waals surface area contributed by atoms with E-state index in [2.05, 4.69) is 74.8 Å². The van der Waals surface area contributed by atoms with Gasteiger partial charge in [-0.25, -0.2) is 0 Å². The molecule has 0 aromatic heterocycles. The average Bonchev–Trinajstić information content (AvgIpc) is 2.69. The fourth-order valence-corrected chi connectivity index (χ4v) is 3.22. The van der Waals surface area contributed by atoms with Crippen molar-refractivity contribution in [2.45, 2.75) is 112 Å². The SMILES string of the molecule is C=CCC(C)(C)[O-].C=CCC(C)(C)[O-].C=CCC(C)(C)[O-].CC1=C(C)C(C)(C)[C]([Ti+3])=C1C. The summed E-state index contributed by atoms with van der Waals surface area (Å²) in [6.45, 7) is 31.5. The van der Waals surface area contributed by atoms with Gasteiger partial charge in [-0.1, -0.05) is 59.8 Å². The Morgan fingerprint density at radius 2 is 0.938 bits per heavy atom. The third kappa shape index (κ3) is 18.8. The molecule has 0 aliphatic heterocycles. The van der Waals surface area contributed by atoms with Crippen LogP contribution in [0.4, 0.5) is 0 Å². The third-order valence-corrected chi connectivity index (χ3v) is 6.53. The fraction of sp³-hybridized carbons (Fsp3) is 0.643. The van der Waals surface area contributed by atoms with Crippen molar-refractivity contribution in [1.29, 1.82) is 0 Å². The van der Waals surface area contributed by atoms with E-state index in [0.717, 1.165) is 0 Å². The van der Waals surface area contributed by atoms with Crippen molar-refractivity contribution < 1.29 is 35.8 Å². The second kappa shape index (κ2) is 15.2. The molecule has 0 spiro atoms. The van der Waals surface area contributed by atoms with Crippen LogP contribution in [-0.2, 0) is 20.4 Å². The van der Waals surface area contributed by atoms with Crippen molar-refractivity contribution in [3.8, 4) is 0 Å². The van der Waals surface area contributed by atoms with Crippen LogP contribution >= 0.6 is 0 Å². The summed E-state index contributed by atoms with van der Waals surface area (Å²) in [5.74, 6) is 0. The Bertz CT molecular complexity index is 572. The summed E-state index contributed by atoms with van der Waals surface area (Å²) >= 11 is 2.25. The van der Waals surface area contributed by atoms with Crippen molar-refractivity contribution in [1.82, 2.24) is 0 Å². The molecule has 0 saturated heterocycles. The Labute approximate surface area is 211 Å². The molecule has 0 heterocycles. The number of hydrogen-bond acceptors (Lipinski definition) is 3. The van der Waals surface area contributed by atoms with Gasteiger partial charge in [-0.15, -0.1) is 36.5 Å². The average molecular weight is 481 g/mol. The van der Waals surface area contributed by atoms with Gasteiger partial charge in [-0.3, -0.25) is 0 Å². The molecule has 0 aromatic rings. The first-order chi connectivity index (χ1) is 14.1. The summed E-state index contributed by atoms with van der Waals surface area (Å²) in [6.07, 6.45) is 6.58. The molecule has 1 rings (SSSR count). The zero-order valence-electron chi connectivity index (χ0n) is 22.7. The maximum atomic E-state index is 10.6. The van der Waals surface area contributed by atoms with Crippen LogP contribution < -0.4 is 15.3 Å². The van der Waals surface area contributed by atoms with Crippen LogP contribution in [0.25, 0.3) is 0 Å².